The van der Waals surface area contributed by atoms with Crippen molar-refractivity contribution in [1.29, 1.82) is 0 Å². The Hall–Kier alpha value is -2.63. The van der Waals surface area contributed by atoms with Crippen LogP contribution in [0.15, 0.2) is 40.8 Å². The van der Waals surface area contributed by atoms with E-state index in [4.69, 9.17) is 9.15 Å². The quantitative estimate of drug-likeness (QED) is 0.360. The minimum Gasteiger partial charge on any atom is -0.421 e. The molecule has 1 aliphatic rings. The maximum Gasteiger partial charge on any atom is 0.433 e. The standard InChI is InChI=1S/C17H17NO5/c19-17(15-10-11-16(23-15)18(20)21)22-14-8-6-13(7-9-14)12-4-2-1-3-5-12/h6-12H,1-5H2. The van der Waals surface area contributed by atoms with E-state index in [2.05, 4.69) is 0 Å². The molecule has 0 spiro atoms. The van der Waals surface area contributed by atoms with Crippen molar-refractivity contribution in [3.8, 4) is 5.75 Å². The highest BCUT2D eigenvalue weighted by atomic mass is 16.7. The lowest BCUT2D eigenvalue weighted by Gasteiger charge is -2.21. The Kier molecular flexibility index (Phi) is 4.41. The van der Waals surface area contributed by atoms with Gasteiger partial charge >= 0.3 is 11.9 Å². The molecule has 2 aromatic rings. The molecule has 1 aliphatic carbocycles. The molecular formula is C17H17NO5. The molecule has 0 bridgehead atoms. The summed E-state index contributed by atoms with van der Waals surface area (Å²) in [5, 5.41) is 10.5. The fourth-order valence-corrected chi connectivity index (χ4v) is 2.94. The first kappa shape index (κ1) is 15.3. The zero-order valence-electron chi connectivity index (χ0n) is 12.6. The number of hydrogen-bond acceptors (Lipinski definition) is 5. The molecule has 0 N–H and O–H groups in total. The number of ether oxygens (including phenoxy) is 1. The Bertz CT molecular complexity index is 698. The summed E-state index contributed by atoms with van der Waals surface area (Å²) in [7, 11) is 0. The van der Waals surface area contributed by atoms with Crippen molar-refractivity contribution in [2.45, 2.75) is 38.0 Å². The second kappa shape index (κ2) is 6.64. The second-order valence-corrected chi connectivity index (χ2v) is 5.69. The van der Waals surface area contributed by atoms with E-state index in [0.29, 0.717) is 11.7 Å². The topological polar surface area (TPSA) is 82.6 Å². The molecular weight excluding hydrogens is 298 g/mol. The van der Waals surface area contributed by atoms with E-state index in [1.54, 1.807) is 12.1 Å². The van der Waals surface area contributed by atoms with Crippen LogP contribution in [0, 0.1) is 10.1 Å². The first-order chi connectivity index (χ1) is 11.1. The van der Waals surface area contributed by atoms with Gasteiger partial charge in [-0.25, -0.2) is 4.79 Å². The summed E-state index contributed by atoms with van der Waals surface area (Å²) in [4.78, 5) is 21.7. The number of carbonyl (C=O) groups excluding carboxylic acids is 1. The number of nitrogens with zero attached hydrogens (tertiary/aromatic N) is 1. The molecule has 6 nitrogen and oxygen atoms in total. The van der Waals surface area contributed by atoms with E-state index < -0.39 is 16.8 Å². The van der Waals surface area contributed by atoms with Crippen LogP contribution in [0.3, 0.4) is 0 Å². The predicted molar refractivity (Wildman–Crippen MR) is 82.6 cm³/mol. The molecule has 3 rings (SSSR count). The maximum absolute atomic E-state index is 11.9. The molecule has 1 aromatic heterocycles. The summed E-state index contributed by atoms with van der Waals surface area (Å²) in [5.41, 5.74) is 1.26. The Morgan fingerprint density at radius 3 is 2.39 bits per heavy atom. The predicted octanol–water partition coefficient (Wildman–Crippen LogP) is 4.45. The summed E-state index contributed by atoms with van der Waals surface area (Å²) in [6.07, 6.45) is 6.24. The summed E-state index contributed by atoms with van der Waals surface area (Å²) in [6.45, 7) is 0. The van der Waals surface area contributed by atoms with Gasteiger partial charge in [0.05, 0.1) is 6.07 Å². The smallest absolute Gasteiger partial charge is 0.421 e. The van der Waals surface area contributed by atoms with Crippen molar-refractivity contribution in [2.75, 3.05) is 0 Å². The van der Waals surface area contributed by atoms with Gasteiger partial charge in [0.2, 0.25) is 5.76 Å². The highest BCUT2D eigenvalue weighted by Gasteiger charge is 2.19. The Morgan fingerprint density at radius 2 is 1.78 bits per heavy atom. The van der Waals surface area contributed by atoms with Gasteiger partial charge in [-0.1, -0.05) is 31.4 Å². The van der Waals surface area contributed by atoms with Crippen LogP contribution >= 0.6 is 0 Å². The highest BCUT2D eigenvalue weighted by molar-refractivity contribution is 5.88. The van der Waals surface area contributed by atoms with Crippen molar-refractivity contribution >= 4 is 11.9 Å². The monoisotopic (exact) mass is 315 g/mol. The highest BCUT2D eigenvalue weighted by Crippen LogP contribution is 2.33. The Labute approximate surface area is 133 Å². The normalized spacial score (nSPS) is 15.3. The zero-order valence-corrected chi connectivity index (χ0v) is 12.6. The molecule has 1 saturated carbocycles. The number of nitro groups is 1. The lowest BCUT2D eigenvalue weighted by molar-refractivity contribution is -0.402. The van der Waals surface area contributed by atoms with E-state index in [9.17, 15) is 14.9 Å². The van der Waals surface area contributed by atoms with Crippen molar-refractivity contribution in [3.05, 3.63) is 57.8 Å². The number of esters is 1. The number of benzene rings is 1. The van der Waals surface area contributed by atoms with Gasteiger partial charge in [0.1, 0.15) is 10.7 Å². The molecule has 0 saturated heterocycles. The molecule has 1 fully saturated rings. The largest absolute Gasteiger partial charge is 0.433 e. The molecule has 23 heavy (non-hydrogen) atoms. The molecule has 6 heteroatoms. The van der Waals surface area contributed by atoms with E-state index in [1.807, 2.05) is 12.1 Å². The summed E-state index contributed by atoms with van der Waals surface area (Å²) < 4.78 is 10.0. The fraction of sp³-hybridized carbons (Fsp3) is 0.353. The van der Waals surface area contributed by atoms with Crippen molar-refractivity contribution in [3.63, 3.8) is 0 Å². The van der Waals surface area contributed by atoms with Gasteiger partial charge in [0, 0.05) is 0 Å². The van der Waals surface area contributed by atoms with Gasteiger partial charge < -0.3 is 9.15 Å². The minimum absolute atomic E-state index is 0.187. The maximum atomic E-state index is 11.9. The van der Waals surface area contributed by atoms with Crippen LogP contribution in [0.25, 0.3) is 0 Å². The van der Waals surface area contributed by atoms with Crippen molar-refractivity contribution < 1.29 is 18.9 Å². The average Bonchev–Trinajstić information content (AvgIpc) is 3.07. The molecule has 0 unspecified atom stereocenters. The van der Waals surface area contributed by atoms with Gasteiger partial charge in [-0.3, -0.25) is 10.1 Å². The Balaban J connectivity index is 1.65. The van der Waals surface area contributed by atoms with Gasteiger partial charge in [0.25, 0.3) is 0 Å². The van der Waals surface area contributed by atoms with E-state index in [0.717, 1.165) is 6.07 Å². The van der Waals surface area contributed by atoms with Gasteiger partial charge in [-0.2, -0.15) is 0 Å². The van der Waals surface area contributed by atoms with Gasteiger partial charge in [-0.15, -0.1) is 0 Å². The van der Waals surface area contributed by atoms with Crippen LogP contribution in [0.2, 0.25) is 0 Å². The lowest BCUT2D eigenvalue weighted by Crippen LogP contribution is -2.08. The average molecular weight is 315 g/mol. The van der Waals surface area contributed by atoms with Gasteiger partial charge in [-0.05, 0) is 42.5 Å². The molecule has 0 aliphatic heterocycles. The van der Waals surface area contributed by atoms with E-state index in [-0.39, 0.29) is 5.76 Å². The third kappa shape index (κ3) is 3.59. The van der Waals surface area contributed by atoms with Crippen molar-refractivity contribution in [2.24, 2.45) is 0 Å². The van der Waals surface area contributed by atoms with Crippen LogP contribution in [0.5, 0.6) is 5.75 Å². The molecule has 0 atom stereocenters. The van der Waals surface area contributed by atoms with Crippen LogP contribution in [-0.4, -0.2) is 10.9 Å². The van der Waals surface area contributed by atoms with Crippen LogP contribution in [0.1, 0.15) is 54.1 Å². The van der Waals surface area contributed by atoms with E-state index in [1.165, 1.54) is 43.7 Å². The number of carbonyl (C=O) groups is 1. The summed E-state index contributed by atoms with van der Waals surface area (Å²) in [5.74, 6) is -0.434. The SMILES string of the molecule is O=C(Oc1ccc(C2CCCCC2)cc1)c1ccc([N+](=O)[O-])o1. The third-order valence-corrected chi connectivity index (χ3v) is 4.14. The van der Waals surface area contributed by atoms with Crippen LogP contribution in [-0.2, 0) is 0 Å². The Morgan fingerprint density at radius 1 is 1.09 bits per heavy atom. The molecule has 1 aromatic carbocycles. The van der Waals surface area contributed by atoms with Crippen molar-refractivity contribution in [1.82, 2.24) is 0 Å². The van der Waals surface area contributed by atoms with Crippen LogP contribution < -0.4 is 4.74 Å². The van der Waals surface area contributed by atoms with Crippen LogP contribution in [0.4, 0.5) is 5.88 Å². The number of hydrogen-bond donors (Lipinski definition) is 0. The lowest BCUT2D eigenvalue weighted by atomic mass is 9.84. The fourth-order valence-electron chi connectivity index (χ4n) is 2.94. The molecule has 1 heterocycles. The minimum atomic E-state index is -0.747. The second-order valence-electron chi connectivity index (χ2n) is 5.69. The number of furan rings is 1. The molecule has 0 amide bonds. The zero-order chi connectivity index (χ0) is 16.2. The summed E-state index contributed by atoms with van der Waals surface area (Å²) in [6, 6.07) is 9.81. The number of rotatable bonds is 4. The third-order valence-electron chi connectivity index (χ3n) is 4.14. The summed E-state index contributed by atoms with van der Waals surface area (Å²) >= 11 is 0. The first-order valence-electron chi connectivity index (χ1n) is 7.70. The molecule has 120 valence electrons. The van der Waals surface area contributed by atoms with E-state index >= 15 is 0 Å². The van der Waals surface area contributed by atoms with Gasteiger partial charge in [0.15, 0.2) is 0 Å². The first-order valence-corrected chi connectivity index (χ1v) is 7.70. The molecule has 0 radical (unpaired) electrons.